The van der Waals surface area contributed by atoms with Gasteiger partial charge in [-0.25, -0.2) is 13.8 Å². The molecular weight excluding hydrogens is 250 g/mol. The van der Waals surface area contributed by atoms with Gasteiger partial charge in [-0.3, -0.25) is 4.98 Å². The Morgan fingerprint density at radius 3 is 2.42 bits per heavy atom. The molecule has 0 unspecified atom stereocenters. The molecule has 0 amide bonds. The van der Waals surface area contributed by atoms with Gasteiger partial charge in [0.25, 0.3) is 0 Å². The molecule has 0 atom stereocenters. The second kappa shape index (κ2) is 6.08. The molecule has 1 aromatic heterocycles. The molecule has 0 saturated carbocycles. The first-order valence-electron chi connectivity index (χ1n) is 5.96. The van der Waals surface area contributed by atoms with Gasteiger partial charge in [-0.1, -0.05) is 6.92 Å². The maximum absolute atomic E-state index is 13.0. The fourth-order valence-corrected chi connectivity index (χ4v) is 1.54. The summed E-state index contributed by atoms with van der Waals surface area (Å²) in [6.07, 6.45) is 4.04. The Morgan fingerprint density at radius 2 is 1.74 bits per heavy atom. The van der Waals surface area contributed by atoms with Gasteiger partial charge in [0.1, 0.15) is 17.5 Å². The predicted octanol–water partition coefficient (Wildman–Crippen LogP) is 3.32. The van der Waals surface area contributed by atoms with E-state index in [1.807, 2.05) is 6.92 Å². The molecule has 0 fully saturated rings. The standard InChI is InChI=1S/C13H14F2N4/c1-2-3-17-12-7-16-8-13(19-12)18-11-5-9(14)4-10(15)6-11/h4-8H,2-3H2,1H3,(H2,17,18,19). The van der Waals surface area contributed by atoms with Crippen LogP contribution in [0.1, 0.15) is 13.3 Å². The van der Waals surface area contributed by atoms with Crippen LogP contribution in [-0.4, -0.2) is 16.5 Å². The molecule has 0 aliphatic rings. The van der Waals surface area contributed by atoms with Crippen LogP contribution in [0.4, 0.5) is 26.1 Å². The van der Waals surface area contributed by atoms with Crippen molar-refractivity contribution < 1.29 is 8.78 Å². The SMILES string of the molecule is CCCNc1cncc(Nc2cc(F)cc(F)c2)n1. The monoisotopic (exact) mass is 264 g/mol. The van der Waals surface area contributed by atoms with Crippen molar-refractivity contribution in [1.82, 2.24) is 9.97 Å². The van der Waals surface area contributed by atoms with Crippen molar-refractivity contribution in [2.45, 2.75) is 13.3 Å². The zero-order chi connectivity index (χ0) is 13.7. The molecule has 0 aliphatic heterocycles. The number of anilines is 3. The third-order valence-electron chi connectivity index (χ3n) is 2.33. The van der Waals surface area contributed by atoms with Gasteiger partial charge in [0.15, 0.2) is 5.82 Å². The Kier molecular flexibility index (Phi) is 4.22. The number of nitrogens with one attached hydrogen (secondary N) is 2. The molecule has 0 aliphatic carbocycles. The lowest BCUT2D eigenvalue weighted by molar-refractivity contribution is 0.584. The zero-order valence-electron chi connectivity index (χ0n) is 10.5. The lowest BCUT2D eigenvalue weighted by Gasteiger charge is -2.08. The number of benzene rings is 1. The Hall–Kier alpha value is -2.24. The first-order chi connectivity index (χ1) is 9.17. The number of hydrogen-bond acceptors (Lipinski definition) is 4. The zero-order valence-corrected chi connectivity index (χ0v) is 10.5. The Bertz CT molecular complexity index is 540. The average molecular weight is 264 g/mol. The van der Waals surface area contributed by atoms with Crippen molar-refractivity contribution >= 4 is 17.3 Å². The van der Waals surface area contributed by atoms with Crippen molar-refractivity contribution in [3.05, 3.63) is 42.2 Å². The van der Waals surface area contributed by atoms with E-state index in [0.29, 0.717) is 17.3 Å². The predicted molar refractivity (Wildman–Crippen MR) is 70.5 cm³/mol. The largest absolute Gasteiger partial charge is 0.369 e. The van der Waals surface area contributed by atoms with Crippen molar-refractivity contribution in [2.75, 3.05) is 17.2 Å². The van der Waals surface area contributed by atoms with Crippen LogP contribution in [0, 0.1) is 11.6 Å². The van der Waals surface area contributed by atoms with Crippen molar-refractivity contribution in [3.8, 4) is 0 Å². The van der Waals surface area contributed by atoms with Crippen LogP contribution < -0.4 is 10.6 Å². The summed E-state index contributed by atoms with van der Waals surface area (Å²) in [4.78, 5) is 8.24. The van der Waals surface area contributed by atoms with Gasteiger partial charge in [-0.2, -0.15) is 0 Å². The average Bonchev–Trinajstić information content (AvgIpc) is 2.35. The highest BCUT2D eigenvalue weighted by Crippen LogP contribution is 2.17. The quantitative estimate of drug-likeness (QED) is 0.869. The minimum Gasteiger partial charge on any atom is -0.369 e. The molecular formula is C13H14F2N4. The molecule has 2 rings (SSSR count). The van der Waals surface area contributed by atoms with E-state index in [1.165, 1.54) is 18.3 Å². The number of nitrogens with zero attached hydrogens (tertiary/aromatic N) is 2. The number of aromatic nitrogens is 2. The van der Waals surface area contributed by atoms with E-state index in [9.17, 15) is 8.78 Å². The van der Waals surface area contributed by atoms with Gasteiger partial charge in [0.05, 0.1) is 12.4 Å². The molecule has 19 heavy (non-hydrogen) atoms. The summed E-state index contributed by atoms with van der Waals surface area (Å²) in [5.74, 6) is -0.249. The summed E-state index contributed by atoms with van der Waals surface area (Å²) >= 11 is 0. The first-order valence-corrected chi connectivity index (χ1v) is 5.96. The molecule has 1 aromatic carbocycles. The maximum Gasteiger partial charge on any atom is 0.151 e. The van der Waals surface area contributed by atoms with E-state index in [0.717, 1.165) is 19.0 Å². The summed E-state index contributed by atoms with van der Waals surface area (Å²) in [5.41, 5.74) is 0.291. The van der Waals surface area contributed by atoms with Crippen molar-refractivity contribution in [2.24, 2.45) is 0 Å². The molecule has 0 bridgehead atoms. The third-order valence-corrected chi connectivity index (χ3v) is 2.33. The number of rotatable bonds is 5. The number of halogens is 2. The third kappa shape index (κ3) is 3.87. The molecule has 0 radical (unpaired) electrons. The van der Waals surface area contributed by atoms with Gasteiger partial charge >= 0.3 is 0 Å². The molecule has 4 nitrogen and oxygen atoms in total. The topological polar surface area (TPSA) is 49.8 Å². The smallest absolute Gasteiger partial charge is 0.151 e. The van der Waals surface area contributed by atoms with E-state index >= 15 is 0 Å². The second-order valence-electron chi connectivity index (χ2n) is 4.00. The molecule has 6 heteroatoms. The van der Waals surface area contributed by atoms with Crippen LogP contribution in [0.2, 0.25) is 0 Å². The van der Waals surface area contributed by atoms with Crippen molar-refractivity contribution in [1.29, 1.82) is 0 Å². The molecule has 0 spiro atoms. The maximum atomic E-state index is 13.0. The molecule has 100 valence electrons. The van der Waals surface area contributed by atoms with Crippen LogP contribution >= 0.6 is 0 Å². The summed E-state index contributed by atoms with van der Waals surface area (Å²) in [7, 11) is 0. The normalized spacial score (nSPS) is 10.3. The molecule has 2 N–H and O–H groups in total. The minimum atomic E-state index is -0.643. The van der Waals surface area contributed by atoms with Crippen LogP contribution in [0.5, 0.6) is 0 Å². The Labute approximate surface area is 109 Å². The lowest BCUT2D eigenvalue weighted by Crippen LogP contribution is -2.04. The minimum absolute atomic E-state index is 0.291. The fourth-order valence-electron chi connectivity index (χ4n) is 1.54. The summed E-state index contributed by atoms with van der Waals surface area (Å²) < 4.78 is 26.1. The Morgan fingerprint density at radius 1 is 1.05 bits per heavy atom. The Balaban J connectivity index is 2.13. The summed E-state index contributed by atoms with van der Waals surface area (Å²) in [5, 5.41) is 5.89. The summed E-state index contributed by atoms with van der Waals surface area (Å²) in [6, 6.07) is 3.20. The van der Waals surface area contributed by atoms with E-state index in [1.54, 1.807) is 6.20 Å². The van der Waals surface area contributed by atoms with Gasteiger partial charge in [-0.05, 0) is 18.6 Å². The van der Waals surface area contributed by atoms with Crippen LogP contribution in [-0.2, 0) is 0 Å². The molecule has 0 saturated heterocycles. The van der Waals surface area contributed by atoms with Crippen LogP contribution in [0.15, 0.2) is 30.6 Å². The van der Waals surface area contributed by atoms with Gasteiger partial charge in [-0.15, -0.1) is 0 Å². The van der Waals surface area contributed by atoms with Gasteiger partial charge in [0.2, 0.25) is 0 Å². The van der Waals surface area contributed by atoms with E-state index in [2.05, 4.69) is 20.6 Å². The van der Waals surface area contributed by atoms with E-state index in [-0.39, 0.29) is 0 Å². The second-order valence-corrected chi connectivity index (χ2v) is 4.00. The highest BCUT2D eigenvalue weighted by Gasteiger charge is 2.03. The van der Waals surface area contributed by atoms with Crippen LogP contribution in [0.25, 0.3) is 0 Å². The highest BCUT2D eigenvalue weighted by atomic mass is 19.1. The van der Waals surface area contributed by atoms with Crippen molar-refractivity contribution in [3.63, 3.8) is 0 Å². The van der Waals surface area contributed by atoms with Crippen LogP contribution in [0.3, 0.4) is 0 Å². The molecule has 1 heterocycles. The fraction of sp³-hybridized carbons (Fsp3) is 0.231. The molecule has 2 aromatic rings. The lowest BCUT2D eigenvalue weighted by atomic mass is 10.3. The number of hydrogen-bond donors (Lipinski definition) is 2. The highest BCUT2D eigenvalue weighted by molar-refractivity contribution is 5.56. The van der Waals surface area contributed by atoms with Gasteiger partial charge < -0.3 is 10.6 Å². The van der Waals surface area contributed by atoms with E-state index < -0.39 is 11.6 Å². The summed E-state index contributed by atoms with van der Waals surface area (Å²) in [6.45, 7) is 2.82. The first kappa shape index (κ1) is 13.2. The van der Waals surface area contributed by atoms with Gasteiger partial charge in [0, 0.05) is 18.3 Å². The van der Waals surface area contributed by atoms with E-state index in [4.69, 9.17) is 0 Å².